The van der Waals surface area contributed by atoms with Gasteiger partial charge < -0.3 is 10.6 Å². The first-order valence-corrected chi connectivity index (χ1v) is 9.61. The monoisotopic (exact) mass is 342 g/mol. The van der Waals surface area contributed by atoms with Crippen LogP contribution in [0.4, 0.5) is 0 Å². The third kappa shape index (κ3) is 4.81. The molecular weight excluding hydrogens is 316 g/mol. The second-order valence-electron chi connectivity index (χ2n) is 6.56. The van der Waals surface area contributed by atoms with Crippen molar-refractivity contribution in [1.29, 1.82) is 0 Å². The van der Waals surface area contributed by atoms with Crippen LogP contribution in [0.3, 0.4) is 0 Å². The highest BCUT2D eigenvalue weighted by atomic mass is 32.1. The molecule has 1 fully saturated rings. The molecule has 0 bridgehead atoms. The molecule has 0 saturated carbocycles. The Hall–Kier alpha value is -1.88. The first kappa shape index (κ1) is 17.0. The number of benzene rings is 1. The zero-order chi connectivity index (χ0) is 16.8. The molecular formula is C19H26N4S. The number of aromatic nitrogens is 1. The molecule has 3 rings (SSSR count). The lowest BCUT2D eigenvalue weighted by Gasteiger charge is -2.30. The summed E-state index contributed by atoms with van der Waals surface area (Å²) in [7, 11) is 0. The number of thiazole rings is 1. The largest absolute Gasteiger partial charge is 0.370 e. The number of hydrogen-bond acceptors (Lipinski definition) is 3. The van der Waals surface area contributed by atoms with Gasteiger partial charge >= 0.3 is 0 Å². The maximum Gasteiger partial charge on any atom is 0.191 e. The molecule has 4 nitrogen and oxygen atoms in total. The molecule has 1 aromatic heterocycles. The second kappa shape index (κ2) is 8.29. The summed E-state index contributed by atoms with van der Waals surface area (Å²) in [5, 5.41) is 3.28. The van der Waals surface area contributed by atoms with Crippen LogP contribution in [-0.4, -0.2) is 28.9 Å². The summed E-state index contributed by atoms with van der Waals surface area (Å²) in [6, 6.07) is 10.6. The maximum absolute atomic E-state index is 6.13. The van der Waals surface area contributed by atoms with E-state index in [4.69, 9.17) is 10.7 Å². The second-order valence-corrected chi connectivity index (χ2v) is 7.50. The van der Waals surface area contributed by atoms with Crippen molar-refractivity contribution in [2.75, 3.05) is 13.1 Å². The Morgan fingerprint density at radius 2 is 2.00 bits per heavy atom. The molecule has 1 aliphatic heterocycles. The van der Waals surface area contributed by atoms with E-state index in [9.17, 15) is 0 Å². The third-order valence-corrected chi connectivity index (χ3v) is 5.54. The summed E-state index contributed by atoms with van der Waals surface area (Å²) in [6.45, 7) is 4.93. The Labute approximate surface area is 148 Å². The Bertz CT molecular complexity index is 657. The summed E-state index contributed by atoms with van der Waals surface area (Å²) in [4.78, 5) is 11.4. The molecule has 0 amide bonds. The molecule has 0 atom stereocenters. The Morgan fingerprint density at radius 3 is 2.75 bits per heavy atom. The summed E-state index contributed by atoms with van der Waals surface area (Å²) in [5.74, 6) is 1.47. The van der Waals surface area contributed by atoms with Crippen molar-refractivity contribution in [2.24, 2.45) is 16.6 Å². The molecule has 0 spiro atoms. The predicted molar refractivity (Wildman–Crippen MR) is 101 cm³/mol. The number of aliphatic imine (C=N–C) groups is 1. The Balaban J connectivity index is 1.49. The van der Waals surface area contributed by atoms with Crippen LogP contribution in [0, 0.1) is 5.92 Å². The number of hydrogen-bond donors (Lipinski definition) is 1. The van der Waals surface area contributed by atoms with Gasteiger partial charge in [0.05, 0.1) is 17.2 Å². The highest BCUT2D eigenvalue weighted by Gasteiger charge is 2.16. The lowest BCUT2D eigenvalue weighted by molar-refractivity contribution is 0.277. The molecule has 2 aromatic rings. The Morgan fingerprint density at radius 1 is 1.25 bits per heavy atom. The number of piperidine rings is 1. The maximum atomic E-state index is 6.13. The van der Waals surface area contributed by atoms with Crippen LogP contribution in [0.5, 0.6) is 0 Å². The van der Waals surface area contributed by atoms with Crippen molar-refractivity contribution in [1.82, 2.24) is 9.88 Å². The van der Waals surface area contributed by atoms with Gasteiger partial charge in [0.2, 0.25) is 0 Å². The van der Waals surface area contributed by atoms with E-state index < -0.39 is 0 Å². The fraction of sp³-hybridized carbons (Fsp3) is 0.474. The number of likely N-dealkylation sites (tertiary alicyclic amines) is 1. The van der Waals surface area contributed by atoms with Gasteiger partial charge in [-0.3, -0.25) is 0 Å². The van der Waals surface area contributed by atoms with Gasteiger partial charge in [0.15, 0.2) is 5.96 Å². The van der Waals surface area contributed by atoms with Gasteiger partial charge in [-0.2, -0.15) is 0 Å². The van der Waals surface area contributed by atoms with Crippen molar-refractivity contribution in [3.8, 4) is 0 Å². The molecule has 128 valence electrons. The van der Waals surface area contributed by atoms with Gasteiger partial charge in [-0.1, -0.05) is 37.3 Å². The van der Waals surface area contributed by atoms with E-state index in [-0.39, 0.29) is 0 Å². The normalized spacial score (nSPS) is 16.5. The zero-order valence-electron chi connectivity index (χ0n) is 14.3. The summed E-state index contributed by atoms with van der Waals surface area (Å²) >= 11 is 1.72. The average Bonchev–Trinajstić information content (AvgIpc) is 3.07. The minimum absolute atomic E-state index is 0.583. The fourth-order valence-corrected chi connectivity index (χ4v) is 3.72. The smallest absolute Gasteiger partial charge is 0.191 e. The average molecular weight is 343 g/mol. The van der Waals surface area contributed by atoms with Crippen LogP contribution in [0.15, 0.2) is 40.7 Å². The van der Waals surface area contributed by atoms with Crippen molar-refractivity contribution < 1.29 is 0 Å². The summed E-state index contributed by atoms with van der Waals surface area (Å²) < 4.78 is 0. The van der Waals surface area contributed by atoms with Gasteiger partial charge in [0, 0.05) is 24.9 Å². The number of guanidine groups is 1. The molecule has 1 saturated heterocycles. The van der Waals surface area contributed by atoms with Crippen LogP contribution >= 0.6 is 11.3 Å². The van der Waals surface area contributed by atoms with E-state index in [0.717, 1.165) is 37.5 Å². The molecule has 1 aliphatic rings. The lowest BCUT2D eigenvalue weighted by Crippen LogP contribution is -2.42. The number of nitrogens with two attached hydrogens (primary N) is 1. The van der Waals surface area contributed by atoms with Crippen LogP contribution in [0.25, 0.3) is 0 Å². The van der Waals surface area contributed by atoms with E-state index in [1.165, 1.54) is 23.4 Å². The Kier molecular flexibility index (Phi) is 5.86. The highest BCUT2D eigenvalue weighted by Crippen LogP contribution is 2.16. The number of nitrogens with zero attached hydrogens (tertiary/aromatic N) is 3. The number of aryl methyl sites for hydroxylation is 2. The lowest BCUT2D eigenvalue weighted by atomic mass is 10.00. The predicted octanol–water partition coefficient (Wildman–Crippen LogP) is 3.47. The molecule has 1 aromatic carbocycles. The molecule has 24 heavy (non-hydrogen) atoms. The summed E-state index contributed by atoms with van der Waals surface area (Å²) in [5.41, 5.74) is 8.52. The number of rotatable bonds is 5. The molecule has 5 heteroatoms. The third-order valence-electron chi connectivity index (χ3n) is 4.58. The fourth-order valence-electron chi connectivity index (χ4n) is 2.93. The SMILES string of the molecule is CC1CCN(C(N)=NCc2csc(CCc3ccccc3)n2)CC1. The van der Waals surface area contributed by atoms with E-state index in [1.807, 2.05) is 0 Å². The van der Waals surface area contributed by atoms with E-state index >= 15 is 0 Å². The first-order chi connectivity index (χ1) is 11.7. The zero-order valence-corrected chi connectivity index (χ0v) is 15.1. The van der Waals surface area contributed by atoms with Gasteiger partial charge in [0.25, 0.3) is 0 Å². The van der Waals surface area contributed by atoms with Crippen LogP contribution < -0.4 is 5.73 Å². The minimum Gasteiger partial charge on any atom is -0.370 e. The topological polar surface area (TPSA) is 54.5 Å². The molecule has 0 radical (unpaired) electrons. The molecule has 2 N–H and O–H groups in total. The highest BCUT2D eigenvalue weighted by molar-refractivity contribution is 7.09. The standard InChI is InChI=1S/C19H26N4S/c1-15-9-11-23(12-10-15)19(20)21-13-17-14-24-18(22-17)8-7-16-5-3-2-4-6-16/h2-6,14-15H,7-13H2,1H3,(H2,20,21). The van der Waals surface area contributed by atoms with Crippen LogP contribution in [-0.2, 0) is 19.4 Å². The van der Waals surface area contributed by atoms with Gasteiger partial charge in [-0.15, -0.1) is 11.3 Å². The van der Waals surface area contributed by atoms with Crippen molar-refractivity contribution in [3.63, 3.8) is 0 Å². The molecule has 0 unspecified atom stereocenters. The van der Waals surface area contributed by atoms with Crippen LogP contribution in [0.1, 0.15) is 36.0 Å². The van der Waals surface area contributed by atoms with Gasteiger partial charge in [-0.05, 0) is 30.7 Å². The quantitative estimate of drug-likeness (QED) is 0.668. The molecule has 0 aliphatic carbocycles. The van der Waals surface area contributed by atoms with E-state index in [0.29, 0.717) is 12.5 Å². The van der Waals surface area contributed by atoms with Gasteiger partial charge in [0.1, 0.15) is 0 Å². The minimum atomic E-state index is 0.583. The van der Waals surface area contributed by atoms with Crippen LogP contribution in [0.2, 0.25) is 0 Å². The molecule has 2 heterocycles. The van der Waals surface area contributed by atoms with Crippen molar-refractivity contribution in [3.05, 3.63) is 52.0 Å². The van der Waals surface area contributed by atoms with Crippen molar-refractivity contribution in [2.45, 2.75) is 39.2 Å². The van der Waals surface area contributed by atoms with Gasteiger partial charge in [-0.25, -0.2) is 9.98 Å². The first-order valence-electron chi connectivity index (χ1n) is 8.73. The van der Waals surface area contributed by atoms with Crippen molar-refractivity contribution >= 4 is 17.3 Å². The van der Waals surface area contributed by atoms with E-state index in [1.54, 1.807) is 11.3 Å². The van der Waals surface area contributed by atoms with E-state index in [2.05, 4.69) is 52.5 Å². The summed E-state index contributed by atoms with van der Waals surface area (Å²) in [6.07, 6.45) is 4.43.